The van der Waals surface area contributed by atoms with Crippen molar-refractivity contribution in [2.24, 2.45) is 0 Å². The highest BCUT2D eigenvalue weighted by atomic mass is 32.2. The van der Waals surface area contributed by atoms with E-state index < -0.39 is 15.7 Å². The lowest BCUT2D eigenvalue weighted by molar-refractivity contribution is 0.0911. The number of sulfone groups is 1. The summed E-state index contributed by atoms with van der Waals surface area (Å²) in [5.41, 5.74) is 0.591. The van der Waals surface area contributed by atoms with Gasteiger partial charge < -0.3 is 9.73 Å². The molecule has 1 N–H and O–H groups in total. The van der Waals surface area contributed by atoms with Crippen LogP contribution in [0.5, 0.6) is 0 Å². The number of carbonyl (C=O) groups excluding carboxylic acids is 1. The molecule has 0 saturated carbocycles. The van der Waals surface area contributed by atoms with Crippen LogP contribution in [0.4, 0.5) is 0 Å². The number of aromatic nitrogens is 1. The van der Waals surface area contributed by atoms with Crippen LogP contribution in [0.15, 0.2) is 10.8 Å². The first kappa shape index (κ1) is 13.1. The monoisotopic (exact) mass is 272 g/mol. The molecule has 0 aliphatic carbocycles. The topological polar surface area (TPSA) is 89.3 Å². The van der Waals surface area contributed by atoms with Crippen molar-refractivity contribution < 1.29 is 17.6 Å². The van der Waals surface area contributed by atoms with E-state index in [1.807, 2.05) is 13.8 Å². The fourth-order valence-electron chi connectivity index (χ4n) is 2.00. The minimum atomic E-state index is -3.00. The zero-order valence-electron chi connectivity index (χ0n) is 10.3. The van der Waals surface area contributed by atoms with Gasteiger partial charge >= 0.3 is 0 Å². The number of oxazole rings is 1. The highest BCUT2D eigenvalue weighted by Gasteiger charge is 2.30. The first-order chi connectivity index (χ1) is 8.39. The first-order valence-electron chi connectivity index (χ1n) is 5.83. The fraction of sp³-hybridized carbons (Fsp3) is 0.636. The van der Waals surface area contributed by atoms with Gasteiger partial charge in [-0.15, -0.1) is 0 Å². The minimum Gasteiger partial charge on any atom is -0.438 e. The fourth-order valence-corrected chi connectivity index (χ4v) is 3.67. The van der Waals surface area contributed by atoms with Crippen LogP contribution in [0, 0.1) is 0 Å². The molecule has 1 saturated heterocycles. The Kier molecular flexibility index (Phi) is 3.43. The minimum absolute atomic E-state index is 0.00386. The number of amides is 1. The highest BCUT2D eigenvalue weighted by Crippen LogP contribution is 2.18. The summed E-state index contributed by atoms with van der Waals surface area (Å²) in [7, 11) is -3.00. The summed E-state index contributed by atoms with van der Waals surface area (Å²) < 4.78 is 27.7. The Hall–Kier alpha value is -1.37. The van der Waals surface area contributed by atoms with Gasteiger partial charge in [0, 0.05) is 6.04 Å². The van der Waals surface area contributed by atoms with Gasteiger partial charge in [-0.05, 0) is 12.3 Å². The molecular formula is C11H16N2O4S. The quantitative estimate of drug-likeness (QED) is 0.875. The standard InChI is InChI=1S/C11H16N2O4S/c1-7(2)9-10(17-6-12-9)11(14)13-8-3-4-18(15,16)5-8/h6-8H,3-5H2,1-2H3,(H,13,14). The number of nitrogens with one attached hydrogen (secondary N) is 1. The maximum absolute atomic E-state index is 12.0. The Morgan fingerprint density at radius 1 is 1.56 bits per heavy atom. The van der Waals surface area contributed by atoms with Crippen LogP contribution in [0.3, 0.4) is 0 Å². The van der Waals surface area contributed by atoms with E-state index in [0.29, 0.717) is 12.1 Å². The maximum atomic E-state index is 12.0. The van der Waals surface area contributed by atoms with Crippen molar-refractivity contribution in [2.45, 2.75) is 32.2 Å². The van der Waals surface area contributed by atoms with Gasteiger partial charge in [-0.1, -0.05) is 13.8 Å². The molecule has 1 aliphatic rings. The van der Waals surface area contributed by atoms with Crippen molar-refractivity contribution in [3.05, 3.63) is 17.8 Å². The van der Waals surface area contributed by atoms with Crippen molar-refractivity contribution >= 4 is 15.7 Å². The van der Waals surface area contributed by atoms with E-state index in [-0.39, 0.29) is 29.2 Å². The second-order valence-corrected chi connectivity index (χ2v) is 7.02. The normalized spacial score (nSPS) is 22.3. The molecule has 1 fully saturated rings. The third-order valence-corrected chi connectivity index (χ3v) is 4.68. The van der Waals surface area contributed by atoms with Gasteiger partial charge in [-0.3, -0.25) is 4.79 Å². The molecule has 2 rings (SSSR count). The van der Waals surface area contributed by atoms with E-state index in [0.717, 1.165) is 0 Å². The van der Waals surface area contributed by atoms with Crippen molar-refractivity contribution in [1.82, 2.24) is 10.3 Å². The number of rotatable bonds is 3. The molecule has 1 aliphatic heterocycles. The Labute approximate surface area is 106 Å². The molecule has 100 valence electrons. The highest BCUT2D eigenvalue weighted by molar-refractivity contribution is 7.91. The summed E-state index contributed by atoms with van der Waals surface area (Å²) in [5, 5.41) is 2.68. The van der Waals surface area contributed by atoms with Gasteiger partial charge in [-0.2, -0.15) is 0 Å². The van der Waals surface area contributed by atoms with E-state index in [9.17, 15) is 13.2 Å². The van der Waals surface area contributed by atoms with Crippen molar-refractivity contribution in [3.63, 3.8) is 0 Å². The predicted octanol–water partition coefficient (Wildman–Crippen LogP) is 0.715. The average molecular weight is 272 g/mol. The Balaban J connectivity index is 2.07. The van der Waals surface area contributed by atoms with Crippen LogP contribution in [-0.4, -0.2) is 36.9 Å². The van der Waals surface area contributed by atoms with Crippen LogP contribution in [-0.2, 0) is 9.84 Å². The lowest BCUT2D eigenvalue weighted by Crippen LogP contribution is -2.35. The average Bonchev–Trinajstić information content (AvgIpc) is 2.84. The second-order valence-electron chi connectivity index (χ2n) is 4.79. The molecule has 2 heterocycles. The summed E-state index contributed by atoms with van der Waals surface area (Å²) in [5.74, 6) is -0.000602. The van der Waals surface area contributed by atoms with E-state index in [1.165, 1.54) is 6.39 Å². The SMILES string of the molecule is CC(C)c1ncoc1C(=O)NC1CCS(=O)(=O)C1. The molecule has 1 unspecified atom stereocenters. The van der Waals surface area contributed by atoms with Gasteiger partial charge in [0.05, 0.1) is 17.2 Å². The van der Waals surface area contributed by atoms with Gasteiger partial charge in [0.25, 0.3) is 5.91 Å². The second kappa shape index (κ2) is 4.72. The van der Waals surface area contributed by atoms with Crippen LogP contribution in [0.2, 0.25) is 0 Å². The molecule has 1 aromatic rings. The molecule has 0 bridgehead atoms. The van der Waals surface area contributed by atoms with Gasteiger partial charge in [-0.25, -0.2) is 13.4 Å². The number of hydrogen-bond donors (Lipinski definition) is 1. The molecule has 6 nitrogen and oxygen atoms in total. The van der Waals surface area contributed by atoms with E-state index in [1.54, 1.807) is 0 Å². The zero-order chi connectivity index (χ0) is 13.3. The smallest absolute Gasteiger partial charge is 0.289 e. The lowest BCUT2D eigenvalue weighted by Gasteiger charge is -2.10. The van der Waals surface area contributed by atoms with Crippen molar-refractivity contribution in [1.29, 1.82) is 0 Å². The number of hydrogen-bond acceptors (Lipinski definition) is 5. The third kappa shape index (κ3) is 2.72. The summed E-state index contributed by atoms with van der Waals surface area (Å²) in [4.78, 5) is 16.0. The van der Waals surface area contributed by atoms with E-state index in [2.05, 4.69) is 10.3 Å². The molecule has 1 aromatic heterocycles. The Morgan fingerprint density at radius 3 is 2.83 bits per heavy atom. The Bertz CT molecular complexity index is 547. The van der Waals surface area contributed by atoms with E-state index >= 15 is 0 Å². The number of carbonyl (C=O) groups is 1. The van der Waals surface area contributed by atoms with Crippen LogP contribution < -0.4 is 5.32 Å². The summed E-state index contributed by atoms with van der Waals surface area (Å²) in [6.07, 6.45) is 1.69. The molecule has 1 atom stereocenters. The largest absolute Gasteiger partial charge is 0.438 e. The van der Waals surface area contributed by atoms with Crippen LogP contribution in [0.1, 0.15) is 42.4 Å². The molecule has 0 spiro atoms. The molecular weight excluding hydrogens is 256 g/mol. The predicted molar refractivity (Wildman–Crippen MR) is 65.1 cm³/mol. The summed E-state index contributed by atoms with van der Waals surface area (Å²) in [6.45, 7) is 3.82. The van der Waals surface area contributed by atoms with Gasteiger partial charge in [0.2, 0.25) is 5.76 Å². The summed E-state index contributed by atoms with van der Waals surface area (Å²) >= 11 is 0. The molecule has 0 radical (unpaired) electrons. The molecule has 18 heavy (non-hydrogen) atoms. The summed E-state index contributed by atoms with van der Waals surface area (Å²) in [6, 6.07) is -0.326. The molecule has 0 aromatic carbocycles. The Morgan fingerprint density at radius 2 is 2.28 bits per heavy atom. The van der Waals surface area contributed by atoms with Gasteiger partial charge in [0.1, 0.15) is 0 Å². The third-order valence-electron chi connectivity index (χ3n) is 2.92. The first-order valence-corrected chi connectivity index (χ1v) is 7.66. The van der Waals surface area contributed by atoms with Crippen LogP contribution in [0.25, 0.3) is 0 Å². The zero-order valence-corrected chi connectivity index (χ0v) is 11.2. The lowest BCUT2D eigenvalue weighted by atomic mass is 10.1. The van der Waals surface area contributed by atoms with E-state index in [4.69, 9.17) is 4.42 Å². The van der Waals surface area contributed by atoms with Crippen molar-refractivity contribution in [3.8, 4) is 0 Å². The number of nitrogens with zero attached hydrogens (tertiary/aromatic N) is 1. The maximum Gasteiger partial charge on any atom is 0.289 e. The molecule has 1 amide bonds. The van der Waals surface area contributed by atoms with Crippen LogP contribution >= 0.6 is 0 Å². The molecule has 7 heteroatoms. The van der Waals surface area contributed by atoms with Gasteiger partial charge in [0.15, 0.2) is 16.2 Å². The van der Waals surface area contributed by atoms with Crippen molar-refractivity contribution in [2.75, 3.05) is 11.5 Å².